The number of carbonyl (C=O) groups excluding carboxylic acids is 1. The van der Waals surface area contributed by atoms with Crippen LogP contribution in [-0.2, 0) is 0 Å². The van der Waals surface area contributed by atoms with Crippen molar-refractivity contribution in [2.45, 2.75) is 26.3 Å². The molecule has 4 heteroatoms. The summed E-state index contributed by atoms with van der Waals surface area (Å²) in [7, 11) is 0. The number of amides is 1. The number of hydrogen-bond donors (Lipinski definition) is 3. The first-order valence-corrected chi connectivity index (χ1v) is 5.23. The van der Waals surface area contributed by atoms with E-state index in [0.717, 1.165) is 11.3 Å². The Bertz CT molecular complexity index is 394. The number of nitrogens with one attached hydrogen (secondary N) is 1. The molecule has 0 aliphatic rings. The van der Waals surface area contributed by atoms with Crippen molar-refractivity contribution < 1.29 is 4.79 Å². The maximum absolute atomic E-state index is 11.2. The second kappa shape index (κ2) is 4.53. The van der Waals surface area contributed by atoms with E-state index in [1.54, 1.807) is 6.07 Å². The first kappa shape index (κ1) is 12.5. The third-order valence-corrected chi connectivity index (χ3v) is 2.17. The monoisotopic (exact) mass is 221 g/mol. The summed E-state index contributed by atoms with van der Waals surface area (Å²) in [6.45, 7) is 6.37. The molecule has 1 aromatic rings. The number of carbonyl (C=O) groups is 1. The molecule has 0 saturated heterocycles. The van der Waals surface area contributed by atoms with E-state index >= 15 is 0 Å². The average molecular weight is 221 g/mol. The Morgan fingerprint density at radius 1 is 1.44 bits per heavy atom. The van der Waals surface area contributed by atoms with Crippen molar-refractivity contribution in [2.24, 2.45) is 11.5 Å². The lowest BCUT2D eigenvalue weighted by Crippen LogP contribution is -2.40. The third-order valence-electron chi connectivity index (χ3n) is 2.17. The van der Waals surface area contributed by atoms with Gasteiger partial charge in [0.2, 0.25) is 0 Å². The molecule has 5 N–H and O–H groups in total. The molecule has 0 spiro atoms. The highest BCUT2D eigenvalue weighted by Gasteiger charge is 2.13. The minimum atomic E-state index is -0.433. The van der Waals surface area contributed by atoms with Crippen molar-refractivity contribution in [1.82, 2.24) is 0 Å². The van der Waals surface area contributed by atoms with Gasteiger partial charge in [-0.15, -0.1) is 0 Å². The van der Waals surface area contributed by atoms with E-state index in [1.165, 1.54) is 0 Å². The van der Waals surface area contributed by atoms with Crippen LogP contribution in [-0.4, -0.2) is 18.0 Å². The largest absolute Gasteiger partial charge is 0.383 e. The fourth-order valence-corrected chi connectivity index (χ4v) is 1.34. The molecule has 88 valence electrons. The zero-order valence-electron chi connectivity index (χ0n) is 10.0. The summed E-state index contributed by atoms with van der Waals surface area (Å²) >= 11 is 0. The van der Waals surface area contributed by atoms with Crippen LogP contribution in [0.15, 0.2) is 18.2 Å². The highest BCUT2D eigenvalue weighted by atomic mass is 16.1. The van der Waals surface area contributed by atoms with Crippen molar-refractivity contribution in [3.63, 3.8) is 0 Å². The van der Waals surface area contributed by atoms with Crippen molar-refractivity contribution in [1.29, 1.82) is 0 Å². The van der Waals surface area contributed by atoms with E-state index in [1.807, 2.05) is 32.9 Å². The number of nitrogens with two attached hydrogens (primary N) is 2. The number of primary amides is 1. The number of aryl methyl sites for hydroxylation is 1. The number of anilines is 1. The quantitative estimate of drug-likeness (QED) is 0.715. The fraction of sp³-hybridized carbons (Fsp3) is 0.417. The van der Waals surface area contributed by atoms with Crippen LogP contribution in [0, 0.1) is 6.92 Å². The van der Waals surface area contributed by atoms with E-state index in [9.17, 15) is 4.79 Å². The lowest BCUT2D eigenvalue weighted by atomic mass is 10.1. The van der Waals surface area contributed by atoms with Gasteiger partial charge in [0, 0.05) is 17.8 Å². The predicted octanol–water partition coefficient (Wildman–Crippen LogP) is 1.24. The molecule has 16 heavy (non-hydrogen) atoms. The SMILES string of the molecule is Cc1ccc(C(N)=O)c(NCC(C)(C)N)c1. The smallest absolute Gasteiger partial charge is 0.250 e. The van der Waals surface area contributed by atoms with Gasteiger partial charge in [-0.3, -0.25) is 4.79 Å². The third kappa shape index (κ3) is 3.55. The number of benzene rings is 1. The first-order chi connectivity index (χ1) is 7.29. The topological polar surface area (TPSA) is 81.1 Å². The molecule has 0 atom stereocenters. The summed E-state index contributed by atoms with van der Waals surface area (Å²) < 4.78 is 0. The molecule has 1 amide bonds. The molecule has 0 unspecified atom stereocenters. The minimum absolute atomic E-state index is 0.335. The zero-order chi connectivity index (χ0) is 12.3. The Morgan fingerprint density at radius 3 is 2.56 bits per heavy atom. The Kier molecular flexibility index (Phi) is 3.55. The molecule has 0 radical (unpaired) electrons. The van der Waals surface area contributed by atoms with E-state index in [-0.39, 0.29) is 5.54 Å². The molecule has 0 aliphatic heterocycles. The molecular weight excluding hydrogens is 202 g/mol. The van der Waals surface area contributed by atoms with Crippen molar-refractivity contribution in [3.05, 3.63) is 29.3 Å². The maximum atomic E-state index is 11.2. The Balaban J connectivity index is 2.93. The molecule has 0 bridgehead atoms. The van der Waals surface area contributed by atoms with Crippen LogP contribution in [0.4, 0.5) is 5.69 Å². The van der Waals surface area contributed by atoms with E-state index in [2.05, 4.69) is 5.32 Å². The van der Waals surface area contributed by atoms with Gasteiger partial charge in [0.15, 0.2) is 0 Å². The van der Waals surface area contributed by atoms with Crippen LogP contribution >= 0.6 is 0 Å². The van der Waals surface area contributed by atoms with Crippen LogP contribution in [0.25, 0.3) is 0 Å². The van der Waals surface area contributed by atoms with Gasteiger partial charge in [-0.25, -0.2) is 0 Å². The van der Waals surface area contributed by atoms with E-state index < -0.39 is 5.91 Å². The van der Waals surface area contributed by atoms with Crippen LogP contribution < -0.4 is 16.8 Å². The van der Waals surface area contributed by atoms with E-state index in [0.29, 0.717) is 12.1 Å². The summed E-state index contributed by atoms with van der Waals surface area (Å²) in [5, 5.41) is 3.15. The Hall–Kier alpha value is -1.55. The van der Waals surface area contributed by atoms with E-state index in [4.69, 9.17) is 11.5 Å². The van der Waals surface area contributed by atoms with Crippen LogP contribution in [0.2, 0.25) is 0 Å². The van der Waals surface area contributed by atoms with Gasteiger partial charge in [-0.1, -0.05) is 6.07 Å². The lowest BCUT2D eigenvalue weighted by Gasteiger charge is -2.21. The van der Waals surface area contributed by atoms with Gasteiger partial charge in [0.1, 0.15) is 0 Å². The molecule has 1 aromatic carbocycles. The van der Waals surface area contributed by atoms with Gasteiger partial charge in [-0.2, -0.15) is 0 Å². The Labute approximate surface area is 96.0 Å². The average Bonchev–Trinajstić information content (AvgIpc) is 2.13. The number of hydrogen-bond acceptors (Lipinski definition) is 3. The molecule has 0 heterocycles. The van der Waals surface area contributed by atoms with Crippen molar-refractivity contribution in [2.75, 3.05) is 11.9 Å². The fourth-order valence-electron chi connectivity index (χ4n) is 1.34. The van der Waals surface area contributed by atoms with Crippen LogP contribution in [0.1, 0.15) is 29.8 Å². The highest BCUT2D eigenvalue weighted by Crippen LogP contribution is 2.17. The van der Waals surface area contributed by atoms with Gasteiger partial charge < -0.3 is 16.8 Å². The standard InChI is InChI=1S/C12H19N3O/c1-8-4-5-9(11(13)16)10(6-8)15-7-12(2,3)14/h4-6,15H,7,14H2,1-3H3,(H2,13,16). The summed E-state index contributed by atoms with van der Waals surface area (Å²) in [6.07, 6.45) is 0. The minimum Gasteiger partial charge on any atom is -0.383 e. The molecular formula is C12H19N3O. The summed E-state index contributed by atoms with van der Waals surface area (Å²) in [4.78, 5) is 11.2. The predicted molar refractivity (Wildman–Crippen MR) is 66.5 cm³/mol. The highest BCUT2D eigenvalue weighted by molar-refractivity contribution is 5.98. The zero-order valence-corrected chi connectivity index (χ0v) is 10.0. The summed E-state index contributed by atoms with van der Waals surface area (Å²) in [5.41, 5.74) is 13.1. The van der Waals surface area contributed by atoms with Crippen molar-refractivity contribution >= 4 is 11.6 Å². The summed E-state index contributed by atoms with van der Waals surface area (Å²) in [6, 6.07) is 5.48. The normalized spacial score (nSPS) is 11.2. The van der Waals surface area contributed by atoms with Crippen molar-refractivity contribution in [3.8, 4) is 0 Å². The second-order valence-corrected chi connectivity index (χ2v) is 4.76. The maximum Gasteiger partial charge on any atom is 0.250 e. The molecule has 0 aliphatic carbocycles. The van der Waals surface area contributed by atoms with Crippen LogP contribution in [0.3, 0.4) is 0 Å². The lowest BCUT2D eigenvalue weighted by molar-refractivity contribution is 0.100. The first-order valence-electron chi connectivity index (χ1n) is 5.23. The van der Waals surface area contributed by atoms with Gasteiger partial charge in [-0.05, 0) is 38.5 Å². The second-order valence-electron chi connectivity index (χ2n) is 4.76. The Morgan fingerprint density at radius 2 is 2.06 bits per heavy atom. The number of rotatable bonds is 4. The molecule has 0 aromatic heterocycles. The van der Waals surface area contributed by atoms with Gasteiger partial charge >= 0.3 is 0 Å². The van der Waals surface area contributed by atoms with Gasteiger partial charge in [0.25, 0.3) is 5.91 Å². The summed E-state index contributed by atoms with van der Waals surface area (Å²) in [5.74, 6) is -0.433. The van der Waals surface area contributed by atoms with Crippen LogP contribution in [0.5, 0.6) is 0 Å². The molecule has 4 nitrogen and oxygen atoms in total. The molecule has 0 saturated carbocycles. The molecule has 0 fully saturated rings. The molecule has 1 rings (SSSR count). The van der Waals surface area contributed by atoms with Gasteiger partial charge in [0.05, 0.1) is 5.56 Å².